The van der Waals surface area contributed by atoms with E-state index in [1.54, 1.807) is 9.64 Å². The van der Waals surface area contributed by atoms with Crippen molar-refractivity contribution in [3.8, 4) is 0 Å². The quantitative estimate of drug-likeness (QED) is 0.290. The third-order valence-corrected chi connectivity index (χ3v) is 19.1. The maximum absolute atomic E-state index is 3.67. The predicted molar refractivity (Wildman–Crippen MR) is 117 cm³/mol. The molecule has 0 spiro atoms. The predicted octanol–water partition coefficient (Wildman–Crippen LogP) is 6.66. The highest BCUT2D eigenvalue weighted by Crippen LogP contribution is 2.25. The molecule has 0 bridgehead atoms. The summed E-state index contributed by atoms with van der Waals surface area (Å²) in [5.41, 5.74) is 7.34. The topological polar surface area (TPSA) is 0 Å². The molecule has 0 aromatic heterocycles. The summed E-state index contributed by atoms with van der Waals surface area (Å²) in [7, 11) is -5.09. The Morgan fingerprint density at radius 2 is 0.636 bits per heavy atom. The summed E-state index contributed by atoms with van der Waals surface area (Å²) in [5.74, 6) is 0. The smallest absolute Gasteiger partial charge is 0.0773 e. The molecule has 0 aliphatic heterocycles. The fraction of sp³-hybridized carbons (Fsp3) is 0.667. The van der Waals surface area contributed by atoms with Gasteiger partial charge in [0.25, 0.3) is 0 Å². The van der Waals surface area contributed by atoms with Crippen LogP contribution in [0.15, 0.2) is 33.3 Å². The maximum Gasteiger partial charge on any atom is 0.0773 e. The molecule has 0 unspecified atom stereocenters. The van der Waals surface area contributed by atoms with E-state index in [1.807, 2.05) is 0 Å². The van der Waals surface area contributed by atoms with Crippen molar-refractivity contribution in [2.45, 2.75) is 78.6 Å². The molecule has 0 aliphatic rings. The molecule has 0 N–H and O–H groups in total. The molecule has 0 aliphatic carbocycles. The maximum atomic E-state index is 3.67. The van der Waals surface area contributed by atoms with Gasteiger partial charge < -0.3 is 0 Å². The zero-order valence-corrected chi connectivity index (χ0v) is 21.2. The lowest BCUT2D eigenvalue weighted by Crippen LogP contribution is -2.39. The summed E-state index contributed by atoms with van der Waals surface area (Å²) in [4.78, 5) is 3.28. The first-order valence-electron chi connectivity index (χ1n) is 8.41. The largest absolute Gasteiger partial charge is 0.130 e. The molecule has 0 aromatic rings. The minimum atomic E-state index is -1.27. The van der Waals surface area contributed by atoms with E-state index in [4.69, 9.17) is 0 Å². The van der Waals surface area contributed by atoms with Crippen LogP contribution in [0.4, 0.5) is 0 Å². The Morgan fingerprint density at radius 1 is 0.455 bits per heavy atom. The zero-order chi connectivity index (χ0) is 18.0. The van der Waals surface area contributed by atoms with Crippen molar-refractivity contribution in [1.29, 1.82) is 0 Å². The summed E-state index contributed by atoms with van der Waals surface area (Å²) in [6, 6.07) is 0. The average Bonchev–Trinajstić information content (AvgIpc) is 2.14. The molecule has 4 heteroatoms. The van der Waals surface area contributed by atoms with Crippen molar-refractivity contribution in [3.05, 3.63) is 33.3 Å². The summed E-state index contributed by atoms with van der Waals surface area (Å²) in [6.07, 6.45) is 4.29. The van der Waals surface area contributed by atoms with Crippen LogP contribution in [0.5, 0.6) is 0 Å². The van der Waals surface area contributed by atoms with Crippen molar-refractivity contribution in [2.24, 2.45) is 0 Å². The van der Waals surface area contributed by atoms with E-state index in [0.717, 1.165) is 0 Å². The Morgan fingerprint density at radius 3 is 0.773 bits per heavy atom. The van der Waals surface area contributed by atoms with Crippen LogP contribution in [0.2, 0.25) is 78.6 Å². The standard InChI is InChI=1S/C18H38Si4/c1-19(2,3)17(20(4,5)6)15-13-14-16-18(21(7,8)9)22(10,11)12/h13-14H,1-12H3. The van der Waals surface area contributed by atoms with Crippen molar-refractivity contribution in [2.75, 3.05) is 0 Å². The molecular formula is C18H38Si4. The van der Waals surface area contributed by atoms with Gasteiger partial charge in [0.15, 0.2) is 0 Å². The molecule has 0 saturated carbocycles. The highest BCUT2D eigenvalue weighted by Gasteiger charge is 2.31. The van der Waals surface area contributed by atoms with E-state index in [-0.39, 0.29) is 0 Å². The number of hydrogen-bond acceptors (Lipinski definition) is 0. The van der Waals surface area contributed by atoms with Crippen molar-refractivity contribution >= 4 is 32.3 Å². The molecule has 0 rings (SSSR count). The van der Waals surface area contributed by atoms with Crippen LogP contribution in [0.3, 0.4) is 0 Å². The number of allylic oxidation sites excluding steroid dienone is 2. The molecular weight excluding hydrogens is 329 g/mol. The van der Waals surface area contributed by atoms with Crippen molar-refractivity contribution in [1.82, 2.24) is 0 Å². The van der Waals surface area contributed by atoms with Gasteiger partial charge in [-0.25, -0.2) is 0 Å². The van der Waals surface area contributed by atoms with Gasteiger partial charge in [0.1, 0.15) is 0 Å². The highest BCUT2D eigenvalue weighted by molar-refractivity contribution is 7.05. The minimum Gasteiger partial charge on any atom is -0.130 e. The van der Waals surface area contributed by atoms with Gasteiger partial charge in [0.05, 0.1) is 32.3 Å². The first-order chi connectivity index (χ1) is 9.47. The molecule has 22 heavy (non-hydrogen) atoms. The summed E-state index contributed by atoms with van der Waals surface area (Å²) < 4.78 is 0. The van der Waals surface area contributed by atoms with Gasteiger partial charge in [-0.15, -0.1) is 11.5 Å². The van der Waals surface area contributed by atoms with Gasteiger partial charge in [-0.1, -0.05) is 88.2 Å². The second-order valence-electron chi connectivity index (χ2n) is 10.4. The van der Waals surface area contributed by atoms with Crippen molar-refractivity contribution in [3.63, 3.8) is 0 Å². The first kappa shape index (κ1) is 21.9. The van der Waals surface area contributed by atoms with Gasteiger partial charge in [-0.3, -0.25) is 0 Å². The van der Waals surface area contributed by atoms with E-state index in [0.29, 0.717) is 0 Å². The molecule has 0 fully saturated rings. The van der Waals surface area contributed by atoms with Crippen LogP contribution in [-0.2, 0) is 0 Å². The third-order valence-electron chi connectivity index (χ3n) is 3.54. The second-order valence-corrected chi connectivity index (χ2v) is 31.4. The lowest BCUT2D eigenvalue weighted by Gasteiger charge is -2.29. The van der Waals surface area contributed by atoms with Gasteiger partial charge in [0.2, 0.25) is 0 Å². The Labute approximate surface area is 144 Å². The van der Waals surface area contributed by atoms with Crippen LogP contribution in [0.25, 0.3) is 0 Å². The monoisotopic (exact) mass is 366 g/mol. The van der Waals surface area contributed by atoms with Gasteiger partial charge >= 0.3 is 0 Å². The Balaban J connectivity index is 6.01. The van der Waals surface area contributed by atoms with E-state index in [1.165, 1.54) is 0 Å². The Kier molecular flexibility index (Phi) is 7.18. The second kappa shape index (κ2) is 7.21. The fourth-order valence-electron chi connectivity index (χ4n) is 3.37. The first-order valence-corrected chi connectivity index (χ1v) is 22.4. The molecule has 0 atom stereocenters. The fourth-order valence-corrected chi connectivity index (χ4v) is 23.4. The Hall–Kier alpha value is -0.0925. The van der Waals surface area contributed by atoms with Gasteiger partial charge in [0, 0.05) is 0 Å². The molecule has 0 saturated heterocycles. The highest BCUT2D eigenvalue weighted by atomic mass is 28.4. The van der Waals surface area contributed by atoms with Crippen LogP contribution in [0.1, 0.15) is 0 Å². The zero-order valence-electron chi connectivity index (χ0n) is 17.2. The molecule has 0 radical (unpaired) electrons. The van der Waals surface area contributed by atoms with Crippen LogP contribution < -0.4 is 0 Å². The van der Waals surface area contributed by atoms with Gasteiger partial charge in [-0.2, -0.15) is 0 Å². The molecule has 0 amide bonds. The Bertz CT molecular complexity index is 431. The SMILES string of the molecule is C[Si](C)(C)C(=C=CC=C=C([Si](C)(C)C)[Si](C)(C)C)[Si](C)(C)C. The van der Waals surface area contributed by atoms with E-state index >= 15 is 0 Å². The molecule has 0 nitrogen and oxygen atoms in total. The van der Waals surface area contributed by atoms with Crippen LogP contribution >= 0.6 is 0 Å². The van der Waals surface area contributed by atoms with E-state index < -0.39 is 32.3 Å². The number of rotatable bonds is 5. The normalized spacial score (nSPS) is 13.1. The van der Waals surface area contributed by atoms with Gasteiger partial charge in [-0.05, 0) is 12.2 Å². The molecule has 0 heterocycles. The third kappa shape index (κ3) is 7.45. The van der Waals surface area contributed by atoms with Crippen molar-refractivity contribution < 1.29 is 0 Å². The molecule has 126 valence electrons. The van der Waals surface area contributed by atoms with Crippen LogP contribution in [0, 0.1) is 0 Å². The average molecular weight is 367 g/mol. The van der Waals surface area contributed by atoms with E-state index in [2.05, 4.69) is 102 Å². The lowest BCUT2D eigenvalue weighted by atomic mass is 10.6. The summed E-state index contributed by atoms with van der Waals surface area (Å²) in [5, 5.41) is 0. The summed E-state index contributed by atoms with van der Waals surface area (Å²) in [6.45, 7) is 29.3. The number of hydrogen-bond donors (Lipinski definition) is 0. The summed E-state index contributed by atoms with van der Waals surface area (Å²) >= 11 is 0. The van der Waals surface area contributed by atoms with E-state index in [9.17, 15) is 0 Å². The molecule has 0 aromatic carbocycles. The lowest BCUT2D eigenvalue weighted by molar-refractivity contribution is 1.63. The van der Waals surface area contributed by atoms with Crippen LogP contribution in [-0.4, -0.2) is 32.3 Å². The minimum absolute atomic E-state index is 1.27.